The molecule has 0 saturated carbocycles. The predicted molar refractivity (Wildman–Crippen MR) is 80.3 cm³/mol. The molecule has 0 fully saturated rings. The first kappa shape index (κ1) is 11.4. The van der Waals surface area contributed by atoms with Gasteiger partial charge in [-0.05, 0) is 34.2 Å². The maximum atomic E-state index is 12.6. The molecule has 0 atom stereocenters. The van der Waals surface area contributed by atoms with Crippen LogP contribution < -0.4 is 0 Å². The molecule has 0 amide bonds. The molecule has 0 N–H and O–H groups in total. The fraction of sp³-hybridized carbons (Fsp3) is 0.105. The minimum atomic E-state index is 0.242. The molecule has 0 radical (unpaired) electrons. The molecule has 1 nitrogen and oxygen atoms in total. The van der Waals surface area contributed by atoms with Crippen LogP contribution in [-0.4, -0.2) is 5.78 Å². The van der Waals surface area contributed by atoms with Crippen molar-refractivity contribution in [2.75, 3.05) is 0 Å². The Morgan fingerprint density at radius 1 is 0.700 bits per heavy atom. The lowest BCUT2D eigenvalue weighted by atomic mass is 10.0. The van der Waals surface area contributed by atoms with E-state index in [1.54, 1.807) is 0 Å². The molecule has 1 aromatic carbocycles. The quantitative estimate of drug-likeness (QED) is 0.592. The van der Waals surface area contributed by atoms with Crippen LogP contribution in [0.2, 0.25) is 0 Å². The largest absolute Gasteiger partial charge is 0.294 e. The van der Waals surface area contributed by atoms with Crippen molar-refractivity contribution in [2.24, 2.45) is 0 Å². The fourth-order valence-corrected chi connectivity index (χ4v) is 3.19. The monoisotopic (exact) mass is 258 g/mol. The van der Waals surface area contributed by atoms with E-state index in [4.69, 9.17) is 0 Å². The topological polar surface area (TPSA) is 17.1 Å². The summed E-state index contributed by atoms with van der Waals surface area (Å²) in [5, 5.41) is 0. The van der Waals surface area contributed by atoms with E-state index in [0.29, 0.717) is 6.42 Å². The molecule has 1 heteroatoms. The van der Waals surface area contributed by atoms with Crippen molar-refractivity contribution in [3.8, 4) is 11.1 Å². The van der Waals surface area contributed by atoms with Crippen LogP contribution in [0.3, 0.4) is 0 Å². The molecule has 20 heavy (non-hydrogen) atoms. The third-order valence-electron chi connectivity index (χ3n) is 4.12. The lowest BCUT2D eigenvalue weighted by Gasteiger charge is -2.03. The second kappa shape index (κ2) is 4.31. The van der Waals surface area contributed by atoms with Gasteiger partial charge in [0.2, 0.25) is 0 Å². The van der Waals surface area contributed by atoms with Crippen LogP contribution in [0.5, 0.6) is 0 Å². The zero-order valence-corrected chi connectivity index (χ0v) is 11.1. The van der Waals surface area contributed by atoms with Gasteiger partial charge in [-0.15, -0.1) is 0 Å². The van der Waals surface area contributed by atoms with Crippen molar-refractivity contribution in [3.63, 3.8) is 0 Å². The smallest absolute Gasteiger partial charge is 0.168 e. The van der Waals surface area contributed by atoms with E-state index in [0.717, 1.165) is 23.1 Å². The first-order valence-electron chi connectivity index (χ1n) is 6.93. The molecule has 3 aliphatic carbocycles. The number of hydrogen-bond acceptors (Lipinski definition) is 1. The first-order chi connectivity index (χ1) is 9.83. The lowest BCUT2D eigenvalue weighted by Crippen LogP contribution is -2.03. The molecular weight excluding hydrogens is 244 g/mol. The maximum Gasteiger partial charge on any atom is 0.168 e. The Morgan fingerprint density at radius 3 is 2.25 bits per heavy atom. The van der Waals surface area contributed by atoms with E-state index in [2.05, 4.69) is 36.4 Å². The van der Waals surface area contributed by atoms with Crippen LogP contribution in [0.15, 0.2) is 60.7 Å². The van der Waals surface area contributed by atoms with E-state index in [1.807, 2.05) is 24.3 Å². The van der Waals surface area contributed by atoms with Gasteiger partial charge in [-0.1, -0.05) is 60.7 Å². The maximum absolute atomic E-state index is 12.6. The highest BCUT2D eigenvalue weighted by molar-refractivity contribution is 6.07. The van der Waals surface area contributed by atoms with Crippen molar-refractivity contribution < 1.29 is 4.79 Å². The SMILES string of the molecule is O=C1Cc2ccccc2Cc2cc3cccccc-3c21. The number of rotatable bonds is 0. The molecule has 0 bridgehead atoms. The summed E-state index contributed by atoms with van der Waals surface area (Å²) in [5.41, 5.74) is 6.78. The van der Waals surface area contributed by atoms with E-state index in [9.17, 15) is 4.79 Å². The molecular formula is C19H14O. The molecule has 0 heterocycles. The third kappa shape index (κ3) is 1.67. The van der Waals surface area contributed by atoms with E-state index in [1.165, 1.54) is 16.7 Å². The van der Waals surface area contributed by atoms with Crippen molar-refractivity contribution in [3.05, 3.63) is 82.9 Å². The van der Waals surface area contributed by atoms with Crippen LogP contribution in [0.1, 0.15) is 27.0 Å². The molecule has 0 aliphatic heterocycles. The number of carbonyl (C=O) groups is 1. The Bertz CT molecular complexity index is 785. The minimum absolute atomic E-state index is 0.242. The van der Waals surface area contributed by atoms with Crippen LogP contribution in [-0.2, 0) is 12.8 Å². The second-order valence-corrected chi connectivity index (χ2v) is 5.37. The summed E-state index contributed by atoms with van der Waals surface area (Å²) in [4.78, 5) is 12.6. The number of fused-ring (bicyclic) bond motifs is 4. The van der Waals surface area contributed by atoms with Crippen LogP contribution in [0.4, 0.5) is 0 Å². The van der Waals surface area contributed by atoms with E-state index >= 15 is 0 Å². The number of Topliss-reactive ketones (excluding diaryl/α,β-unsaturated/α-hetero) is 1. The van der Waals surface area contributed by atoms with Crippen LogP contribution in [0, 0.1) is 0 Å². The average Bonchev–Trinajstić information content (AvgIpc) is 2.59. The Labute approximate surface area is 118 Å². The molecule has 1 aromatic rings. The lowest BCUT2D eigenvalue weighted by molar-refractivity contribution is 0.0994. The molecule has 0 aromatic heterocycles. The molecule has 0 spiro atoms. The normalized spacial score (nSPS) is 13.7. The summed E-state index contributed by atoms with van der Waals surface area (Å²) in [5.74, 6) is 0.242. The Hall–Kier alpha value is -2.41. The first-order valence-corrected chi connectivity index (χ1v) is 6.93. The zero-order chi connectivity index (χ0) is 13.5. The highest BCUT2D eigenvalue weighted by atomic mass is 16.1. The number of benzene rings is 1. The van der Waals surface area contributed by atoms with Gasteiger partial charge in [0.25, 0.3) is 0 Å². The summed E-state index contributed by atoms with van der Waals surface area (Å²) in [6.45, 7) is 0. The summed E-state index contributed by atoms with van der Waals surface area (Å²) in [6.07, 6.45) is 1.37. The van der Waals surface area contributed by atoms with Gasteiger partial charge in [0.15, 0.2) is 5.78 Å². The third-order valence-corrected chi connectivity index (χ3v) is 4.12. The highest BCUT2D eigenvalue weighted by Crippen LogP contribution is 2.35. The Balaban J connectivity index is 1.98. The van der Waals surface area contributed by atoms with Crippen molar-refractivity contribution in [2.45, 2.75) is 12.8 Å². The minimum Gasteiger partial charge on any atom is -0.294 e. The average molecular weight is 258 g/mol. The summed E-state index contributed by atoms with van der Waals surface area (Å²) < 4.78 is 0. The Morgan fingerprint density at radius 2 is 1.40 bits per heavy atom. The number of hydrogen-bond donors (Lipinski definition) is 0. The van der Waals surface area contributed by atoms with Gasteiger partial charge in [-0.3, -0.25) is 4.79 Å². The summed E-state index contributed by atoms with van der Waals surface area (Å²) in [6, 6.07) is 20.6. The van der Waals surface area contributed by atoms with Crippen molar-refractivity contribution in [1.82, 2.24) is 0 Å². The van der Waals surface area contributed by atoms with Gasteiger partial charge >= 0.3 is 0 Å². The van der Waals surface area contributed by atoms with E-state index in [-0.39, 0.29) is 5.78 Å². The molecule has 4 rings (SSSR count). The van der Waals surface area contributed by atoms with Crippen molar-refractivity contribution in [1.29, 1.82) is 0 Å². The van der Waals surface area contributed by atoms with Crippen LogP contribution >= 0.6 is 0 Å². The van der Waals surface area contributed by atoms with Gasteiger partial charge in [0.05, 0.1) is 0 Å². The van der Waals surface area contributed by atoms with Gasteiger partial charge in [0.1, 0.15) is 0 Å². The predicted octanol–water partition coefficient (Wildman–Crippen LogP) is 4.12. The van der Waals surface area contributed by atoms with Gasteiger partial charge < -0.3 is 0 Å². The van der Waals surface area contributed by atoms with E-state index < -0.39 is 0 Å². The zero-order valence-electron chi connectivity index (χ0n) is 11.1. The van der Waals surface area contributed by atoms with Crippen molar-refractivity contribution >= 4 is 5.78 Å². The summed E-state index contributed by atoms with van der Waals surface area (Å²) in [7, 11) is 0. The molecule has 0 saturated heterocycles. The number of ketones is 1. The molecule has 96 valence electrons. The second-order valence-electron chi connectivity index (χ2n) is 5.37. The van der Waals surface area contributed by atoms with Gasteiger partial charge in [-0.25, -0.2) is 0 Å². The van der Waals surface area contributed by atoms with Gasteiger partial charge in [-0.2, -0.15) is 0 Å². The fourth-order valence-electron chi connectivity index (χ4n) is 3.19. The Kier molecular flexibility index (Phi) is 2.46. The number of carbonyl (C=O) groups excluding carboxylic acids is 1. The molecule has 3 aliphatic rings. The summed E-state index contributed by atoms with van der Waals surface area (Å²) >= 11 is 0. The highest BCUT2D eigenvalue weighted by Gasteiger charge is 2.25. The standard InChI is InChI=1S/C19H14O/c20-18-12-14-7-5-4-6-13(14)10-16-11-15-8-2-1-3-9-17(15)19(16)18/h1-9,11H,10,12H2. The molecule has 0 unspecified atom stereocenters. The van der Waals surface area contributed by atoms with Gasteiger partial charge in [0, 0.05) is 12.0 Å². The van der Waals surface area contributed by atoms with Crippen LogP contribution in [0.25, 0.3) is 11.1 Å².